The van der Waals surface area contributed by atoms with Gasteiger partial charge in [0.2, 0.25) is 0 Å². The molecule has 1 aliphatic carbocycles. The van der Waals surface area contributed by atoms with Gasteiger partial charge < -0.3 is 14.9 Å². The van der Waals surface area contributed by atoms with Crippen LogP contribution < -0.4 is 5.73 Å². The third-order valence-corrected chi connectivity index (χ3v) is 7.08. The molecule has 0 spiro atoms. The highest BCUT2D eigenvalue weighted by Gasteiger charge is 2.34. The molecule has 2 aromatic rings. The van der Waals surface area contributed by atoms with Gasteiger partial charge in [-0.1, -0.05) is 11.2 Å². The number of halogens is 1. The summed E-state index contributed by atoms with van der Waals surface area (Å²) in [7, 11) is 0. The third-order valence-electron chi connectivity index (χ3n) is 4.98. The van der Waals surface area contributed by atoms with E-state index in [2.05, 4.69) is 48.2 Å². The Labute approximate surface area is 152 Å². The summed E-state index contributed by atoms with van der Waals surface area (Å²) in [6.45, 7) is 3.12. The maximum atomic E-state index is 11.4. The molecule has 0 amide bonds. The monoisotopic (exact) mass is 445 g/mol. The van der Waals surface area contributed by atoms with Gasteiger partial charge in [-0.25, -0.2) is 9.97 Å². The second-order valence-electron chi connectivity index (χ2n) is 6.48. The van der Waals surface area contributed by atoms with Gasteiger partial charge in [-0.15, -0.1) is 0 Å². The van der Waals surface area contributed by atoms with E-state index < -0.39 is 11.2 Å². The summed E-state index contributed by atoms with van der Waals surface area (Å²) in [4.78, 5) is 11.0. The number of anilines is 1. The highest BCUT2D eigenvalue weighted by Crippen LogP contribution is 2.41. The van der Waals surface area contributed by atoms with Crippen LogP contribution in [0.1, 0.15) is 18.9 Å². The molecule has 124 valence electrons. The molecule has 2 fully saturated rings. The zero-order valence-electron chi connectivity index (χ0n) is 12.8. The first-order valence-corrected chi connectivity index (χ1v) is 10.5. The summed E-state index contributed by atoms with van der Waals surface area (Å²) >= 11 is 1.73. The first-order valence-electron chi connectivity index (χ1n) is 7.95. The van der Waals surface area contributed by atoms with Crippen LogP contribution in [0.2, 0.25) is 0 Å². The molecule has 2 aromatic heterocycles. The summed E-state index contributed by atoms with van der Waals surface area (Å²) in [5.74, 6) is 2.98. The molecule has 3 heterocycles. The van der Waals surface area contributed by atoms with Crippen LogP contribution in [0, 0.1) is 9.49 Å². The predicted octanol–water partition coefficient (Wildman–Crippen LogP) is 1.63. The van der Waals surface area contributed by atoms with Crippen molar-refractivity contribution in [2.24, 2.45) is 5.92 Å². The lowest BCUT2D eigenvalue weighted by atomic mass is 9.79. The van der Waals surface area contributed by atoms with E-state index in [1.807, 2.05) is 0 Å². The number of nitrogen functional groups attached to an aromatic ring is 1. The topological polar surface area (TPSA) is 83.0 Å². The van der Waals surface area contributed by atoms with Gasteiger partial charge in [0.15, 0.2) is 0 Å². The minimum Gasteiger partial charge on any atom is -0.616 e. The van der Waals surface area contributed by atoms with E-state index in [4.69, 9.17) is 5.73 Å². The summed E-state index contributed by atoms with van der Waals surface area (Å²) in [6, 6.07) is 0.513. The van der Waals surface area contributed by atoms with Crippen molar-refractivity contribution in [3.63, 3.8) is 0 Å². The number of nitrogens with two attached hydrogens (primary N) is 1. The fraction of sp³-hybridized carbons (Fsp3) is 0.600. The first-order chi connectivity index (χ1) is 11.1. The van der Waals surface area contributed by atoms with Crippen LogP contribution in [0.5, 0.6) is 0 Å². The molecule has 23 heavy (non-hydrogen) atoms. The lowest BCUT2D eigenvalue weighted by Crippen LogP contribution is -2.45. The molecule has 1 saturated heterocycles. The molecule has 2 N–H and O–H groups in total. The molecular weight excluding hydrogens is 425 g/mol. The molecule has 0 atom stereocenters. The fourth-order valence-corrected chi connectivity index (χ4v) is 5.59. The lowest BCUT2D eigenvalue weighted by Gasteiger charge is -2.40. The maximum absolute atomic E-state index is 11.4. The molecule has 8 heteroatoms. The SMILES string of the molecule is Nc1ncnc2c1c(I)cn2[C@H]1C[C@@H](CN2CC[S+]([O-])CC2)C1. The average Bonchev–Trinajstić information content (AvgIpc) is 2.82. The molecule has 2 aliphatic rings. The predicted molar refractivity (Wildman–Crippen MR) is 101 cm³/mol. The highest BCUT2D eigenvalue weighted by molar-refractivity contribution is 14.1. The Morgan fingerprint density at radius 2 is 2.04 bits per heavy atom. The van der Waals surface area contributed by atoms with Crippen molar-refractivity contribution in [3.8, 4) is 0 Å². The standard InChI is InChI=1S/C15H20IN5OS/c16-12-8-21(15-13(12)14(17)18-9-19-15)11-5-10(6-11)7-20-1-3-23(22)4-2-20/h8-11H,1-7H2,(H2,17,18,19)/t10-,11+. The Kier molecular flexibility index (Phi) is 4.41. The Bertz CT molecular complexity index is 709. The summed E-state index contributed by atoms with van der Waals surface area (Å²) in [5, 5.41) is 0.982. The second-order valence-corrected chi connectivity index (χ2v) is 9.34. The molecular formula is C15H20IN5OS. The quantitative estimate of drug-likeness (QED) is 0.574. The number of hydrogen-bond acceptors (Lipinski definition) is 5. The Morgan fingerprint density at radius 1 is 1.30 bits per heavy atom. The highest BCUT2D eigenvalue weighted by atomic mass is 127. The van der Waals surface area contributed by atoms with Crippen LogP contribution in [0.3, 0.4) is 0 Å². The van der Waals surface area contributed by atoms with Crippen LogP contribution in [-0.4, -0.2) is 55.1 Å². The number of rotatable bonds is 3. The molecule has 0 radical (unpaired) electrons. The van der Waals surface area contributed by atoms with Gasteiger partial charge in [0.05, 0.1) is 5.39 Å². The van der Waals surface area contributed by atoms with Crippen LogP contribution in [0.4, 0.5) is 5.82 Å². The van der Waals surface area contributed by atoms with Gasteiger partial charge in [-0.3, -0.25) is 4.90 Å². The fourth-order valence-electron chi connectivity index (χ4n) is 3.64. The minimum absolute atomic E-state index is 0.513. The molecule has 1 aliphatic heterocycles. The Balaban J connectivity index is 1.41. The normalized spacial score (nSPS) is 26.5. The van der Waals surface area contributed by atoms with E-state index in [1.165, 1.54) is 12.8 Å². The van der Waals surface area contributed by atoms with Crippen molar-refractivity contribution in [3.05, 3.63) is 16.1 Å². The zero-order valence-corrected chi connectivity index (χ0v) is 15.8. The van der Waals surface area contributed by atoms with E-state index in [-0.39, 0.29) is 0 Å². The number of aromatic nitrogens is 3. The van der Waals surface area contributed by atoms with E-state index in [0.717, 1.165) is 51.7 Å². The molecule has 0 unspecified atom stereocenters. The van der Waals surface area contributed by atoms with Crippen molar-refractivity contribution in [1.29, 1.82) is 0 Å². The third kappa shape index (κ3) is 3.06. The molecule has 1 saturated carbocycles. The van der Waals surface area contributed by atoms with E-state index in [1.54, 1.807) is 6.33 Å². The second kappa shape index (κ2) is 6.38. The van der Waals surface area contributed by atoms with Crippen LogP contribution in [0.15, 0.2) is 12.5 Å². The first kappa shape index (κ1) is 15.9. The number of hydrogen-bond donors (Lipinski definition) is 1. The average molecular weight is 445 g/mol. The molecule has 0 bridgehead atoms. The van der Waals surface area contributed by atoms with Crippen LogP contribution >= 0.6 is 22.6 Å². The van der Waals surface area contributed by atoms with Crippen molar-refractivity contribution in [2.45, 2.75) is 18.9 Å². The molecule has 4 rings (SSSR count). The molecule has 0 aromatic carbocycles. The van der Waals surface area contributed by atoms with Gasteiger partial charge in [0.1, 0.15) is 29.3 Å². The van der Waals surface area contributed by atoms with E-state index in [0.29, 0.717) is 11.9 Å². The minimum atomic E-state index is -0.584. The smallest absolute Gasteiger partial charge is 0.146 e. The summed E-state index contributed by atoms with van der Waals surface area (Å²) < 4.78 is 14.8. The van der Waals surface area contributed by atoms with E-state index >= 15 is 0 Å². The van der Waals surface area contributed by atoms with Gasteiger partial charge >= 0.3 is 0 Å². The van der Waals surface area contributed by atoms with Gasteiger partial charge in [-0.05, 0) is 41.4 Å². The van der Waals surface area contributed by atoms with Gasteiger partial charge in [-0.2, -0.15) is 0 Å². The largest absolute Gasteiger partial charge is 0.616 e. The molecule has 6 nitrogen and oxygen atoms in total. The Hall–Kier alpha value is -0.580. The Morgan fingerprint density at radius 3 is 2.78 bits per heavy atom. The van der Waals surface area contributed by atoms with Gasteiger partial charge in [0, 0.05) is 35.4 Å². The van der Waals surface area contributed by atoms with Gasteiger partial charge in [0.25, 0.3) is 0 Å². The summed E-state index contributed by atoms with van der Waals surface area (Å²) in [6.07, 6.45) is 6.07. The van der Waals surface area contributed by atoms with Crippen molar-refractivity contribution < 1.29 is 4.55 Å². The van der Waals surface area contributed by atoms with Crippen molar-refractivity contribution in [1.82, 2.24) is 19.4 Å². The zero-order chi connectivity index (χ0) is 16.0. The van der Waals surface area contributed by atoms with Crippen LogP contribution in [-0.2, 0) is 11.2 Å². The number of nitrogens with zero attached hydrogens (tertiary/aromatic N) is 4. The van der Waals surface area contributed by atoms with Crippen LogP contribution in [0.25, 0.3) is 11.0 Å². The lowest BCUT2D eigenvalue weighted by molar-refractivity contribution is 0.136. The van der Waals surface area contributed by atoms with Crippen molar-refractivity contribution >= 4 is 50.6 Å². The van der Waals surface area contributed by atoms with E-state index in [9.17, 15) is 4.55 Å². The van der Waals surface area contributed by atoms with Crippen molar-refractivity contribution in [2.75, 3.05) is 36.9 Å². The maximum Gasteiger partial charge on any atom is 0.146 e. The summed E-state index contributed by atoms with van der Waals surface area (Å²) in [5.41, 5.74) is 6.95. The number of fused-ring (bicyclic) bond motifs is 1.